The molecule has 92 valence electrons. The van der Waals surface area contributed by atoms with Gasteiger partial charge in [-0.15, -0.1) is 0 Å². The van der Waals surface area contributed by atoms with Gasteiger partial charge in [-0.2, -0.15) is 0 Å². The standard InChI is InChI=1S/C12H14ClNO3/c13-9-3-1-2-8(4-9)7-17-12(16)11-5-10(15)6-14-11/h1-4,10-11,14-15H,5-7H2/t10-,11-/m0/s1. The number of halogens is 1. The fourth-order valence-electron chi connectivity index (χ4n) is 1.78. The molecule has 2 rings (SSSR count). The molecule has 0 saturated carbocycles. The van der Waals surface area contributed by atoms with E-state index < -0.39 is 12.1 Å². The number of carbonyl (C=O) groups excluding carboxylic acids is 1. The van der Waals surface area contributed by atoms with Gasteiger partial charge in [0.1, 0.15) is 12.6 Å². The molecule has 1 aromatic carbocycles. The molecule has 1 aliphatic rings. The Balaban J connectivity index is 1.84. The van der Waals surface area contributed by atoms with E-state index in [0.717, 1.165) is 5.56 Å². The lowest BCUT2D eigenvalue weighted by Crippen LogP contribution is -2.32. The minimum atomic E-state index is -0.460. The number of hydrogen-bond acceptors (Lipinski definition) is 4. The van der Waals surface area contributed by atoms with Crippen molar-refractivity contribution in [3.8, 4) is 0 Å². The van der Waals surface area contributed by atoms with Gasteiger partial charge in [0.25, 0.3) is 0 Å². The van der Waals surface area contributed by atoms with Crippen LogP contribution in [0.15, 0.2) is 24.3 Å². The molecule has 17 heavy (non-hydrogen) atoms. The van der Waals surface area contributed by atoms with E-state index >= 15 is 0 Å². The van der Waals surface area contributed by atoms with Crippen molar-refractivity contribution in [3.63, 3.8) is 0 Å². The molecule has 2 atom stereocenters. The molecule has 0 amide bonds. The van der Waals surface area contributed by atoms with E-state index in [-0.39, 0.29) is 12.6 Å². The number of nitrogens with one attached hydrogen (secondary N) is 1. The second-order valence-corrected chi connectivity index (χ2v) is 4.52. The maximum Gasteiger partial charge on any atom is 0.323 e. The van der Waals surface area contributed by atoms with E-state index in [9.17, 15) is 9.90 Å². The average Bonchev–Trinajstić information content (AvgIpc) is 2.73. The van der Waals surface area contributed by atoms with Gasteiger partial charge >= 0.3 is 5.97 Å². The van der Waals surface area contributed by atoms with Crippen LogP contribution in [0.25, 0.3) is 0 Å². The third-order valence-corrected chi connectivity index (χ3v) is 2.90. The molecule has 0 radical (unpaired) electrons. The zero-order valence-electron chi connectivity index (χ0n) is 9.23. The van der Waals surface area contributed by atoms with Crippen LogP contribution in [0.5, 0.6) is 0 Å². The number of rotatable bonds is 3. The van der Waals surface area contributed by atoms with Crippen molar-refractivity contribution in [2.24, 2.45) is 0 Å². The average molecular weight is 256 g/mol. The predicted molar refractivity (Wildman–Crippen MR) is 63.7 cm³/mol. The van der Waals surface area contributed by atoms with E-state index in [1.807, 2.05) is 12.1 Å². The lowest BCUT2D eigenvalue weighted by atomic mass is 10.2. The van der Waals surface area contributed by atoms with E-state index in [2.05, 4.69) is 5.32 Å². The molecule has 1 heterocycles. The molecule has 1 aliphatic heterocycles. The zero-order chi connectivity index (χ0) is 12.3. The van der Waals surface area contributed by atoms with Crippen LogP contribution in [-0.2, 0) is 16.1 Å². The van der Waals surface area contributed by atoms with Gasteiger partial charge in [-0.1, -0.05) is 23.7 Å². The summed E-state index contributed by atoms with van der Waals surface area (Å²) in [6.45, 7) is 0.643. The van der Waals surface area contributed by atoms with E-state index in [1.165, 1.54) is 0 Å². The summed E-state index contributed by atoms with van der Waals surface area (Å²) in [5.41, 5.74) is 0.851. The van der Waals surface area contributed by atoms with Crippen molar-refractivity contribution >= 4 is 17.6 Å². The highest BCUT2D eigenvalue weighted by Crippen LogP contribution is 2.13. The molecular weight excluding hydrogens is 242 g/mol. The molecule has 1 fully saturated rings. The Morgan fingerprint density at radius 1 is 1.59 bits per heavy atom. The molecule has 1 aromatic rings. The Hall–Kier alpha value is -1.10. The Labute approximate surface area is 105 Å². The van der Waals surface area contributed by atoms with Crippen molar-refractivity contribution in [1.29, 1.82) is 0 Å². The normalized spacial score (nSPS) is 23.6. The van der Waals surface area contributed by atoms with Gasteiger partial charge in [-0.3, -0.25) is 4.79 Å². The summed E-state index contributed by atoms with van der Waals surface area (Å²) >= 11 is 5.82. The maximum atomic E-state index is 11.6. The highest BCUT2D eigenvalue weighted by Gasteiger charge is 2.29. The van der Waals surface area contributed by atoms with Gasteiger partial charge in [0.2, 0.25) is 0 Å². The smallest absolute Gasteiger partial charge is 0.323 e. The van der Waals surface area contributed by atoms with Crippen LogP contribution in [0.3, 0.4) is 0 Å². The SMILES string of the molecule is O=C(OCc1cccc(Cl)c1)[C@@H]1C[C@H](O)CN1. The third kappa shape index (κ3) is 3.43. The minimum absolute atomic E-state index is 0.202. The number of aliphatic hydroxyl groups excluding tert-OH is 1. The van der Waals surface area contributed by atoms with Crippen LogP contribution >= 0.6 is 11.6 Å². The van der Waals surface area contributed by atoms with Gasteiger partial charge < -0.3 is 15.2 Å². The Bertz CT molecular complexity index is 410. The van der Waals surface area contributed by atoms with Crippen LogP contribution in [0.2, 0.25) is 5.02 Å². The van der Waals surface area contributed by atoms with Gasteiger partial charge in [0.15, 0.2) is 0 Å². The molecule has 5 heteroatoms. The quantitative estimate of drug-likeness (QED) is 0.795. The van der Waals surface area contributed by atoms with Crippen molar-refractivity contribution in [2.75, 3.05) is 6.54 Å². The number of hydrogen-bond donors (Lipinski definition) is 2. The summed E-state index contributed by atoms with van der Waals surface area (Å²) in [4.78, 5) is 11.6. The number of β-amino-alcohol motifs (C(OH)–C–C–N with tert-alkyl or cyclic N) is 1. The summed E-state index contributed by atoms with van der Waals surface area (Å²) < 4.78 is 5.14. The molecule has 1 saturated heterocycles. The molecule has 0 spiro atoms. The fourth-order valence-corrected chi connectivity index (χ4v) is 1.99. The first kappa shape index (κ1) is 12.4. The van der Waals surface area contributed by atoms with Gasteiger partial charge in [-0.05, 0) is 17.7 Å². The zero-order valence-corrected chi connectivity index (χ0v) is 9.98. The summed E-state index contributed by atoms with van der Waals surface area (Å²) in [5, 5.41) is 12.8. The summed E-state index contributed by atoms with van der Waals surface area (Å²) in [6, 6.07) is 6.77. The van der Waals surface area contributed by atoms with E-state index in [0.29, 0.717) is 18.0 Å². The third-order valence-electron chi connectivity index (χ3n) is 2.66. The van der Waals surface area contributed by atoms with Gasteiger partial charge in [0.05, 0.1) is 6.10 Å². The van der Waals surface area contributed by atoms with Crippen molar-refractivity contribution in [3.05, 3.63) is 34.9 Å². The maximum absolute atomic E-state index is 11.6. The molecule has 0 bridgehead atoms. The topological polar surface area (TPSA) is 58.6 Å². The fraction of sp³-hybridized carbons (Fsp3) is 0.417. The number of carbonyl (C=O) groups is 1. The van der Waals surface area contributed by atoms with Crippen molar-refractivity contribution in [2.45, 2.75) is 25.2 Å². The van der Waals surface area contributed by atoms with E-state index in [4.69, 9.17) is 16.3 Å². The lowest BCUT2D eigenvalue weighted by molar-refractivity contribution is -0.147. The lowest BCUT2D eigenvalue weighted by Gasteiger charge is -2.10. The number of esters is 1. The second kappa shape index (κ2) is 5.49. The molecule has 4 nitrogen and oxygen atoms in total. The van der Waals surface area contributed by atoms with Gasteiger partial charge in [-0.25, -0.2) is 0 Å². The highest BCUT2D eigenvalue weighted by molar-refractivity contribution is 6.30. The van der Waals surface area contributed by atoms with Gasteiger partial charge in [0, 0.05) is 18.0 Å². The summed E-state index contributed by atoms with van der Waals surface area (Å²) in [6.07, 6.45) is -0.0484. The molecule has 0 unspecified atom stereocenters. The first-order valence-corrected chi connectivity index (χ1v) is 5.85. The number of ether oxygens (including phenoxy) is 1. The van der Waals surface area contributed by atoms with Crippen molar-refractivity contribution < 1.29 is 14.6 Å². The minimum Gasteiger partial charge on any atom is -0.460 e. The molecule has 2 N–H and O–H groups in total. The molecule has 0 aromatic heterocycles. The predicted octanol–water partition coefficient (Wildman–Crippen LogP) is 1.11. The Kier molecular flexibility index (Phi) is 3.99. The first-order chi connectivity index (χ1) is 8.15. The Morgan fingerprint density at radius 3 is 3.06 bits per heavy atom. The highest BCUT2D eigenvalue weighted by atomic mass is 35.5. The van der Waals surface area contributed by atoms with Crippen LogP contribution in [0.1, 0.15) is 12.0 Å². The molecular formula is C12H14ClNO3. The molecule has 0 aliphatic carbocycles. The van der Waals surface area contributed by atoms with Crippen LogP contribution in [0.4, 0.5) is 0 Å². The van der Waals surface area contributed by atoms with E-state index in [1.54, 1.807) is 12.1 Å². The van der Waals surface area contributed by atoms with Crippen LogP contribution < -0.4 is 5.32 Å². The van der Waals surface area contributed by atoms with Crippen LogP contribution in [0, 0.1) is 0 Å². The number of aliphatic hydroxyl groups is 1. The summed E-state index contributed by atoms with van der Waals surface area (Å²) in [7, 11) is 0. The van der Waals surface area contributed by atoms with Crippen molar-refractivity contribution in [1.82, 2.24) is 5.32 Å². The Morgan fingerprint density at radius 2 is 2.41 bits per heavy atom. The summed E-state index contributed by atoms with van der Waals surface area (Å²) in [5.74, 6) is -0.332. The largest absolute Gasteiger partial charge is 0.460 e. The second-order valence-electron chi connectivity index (χ2n) is 4.09. The first-order valence-electron chi connectivity index (χ1n) is 5.47. The van der Waals surface area contributed by atoms with Crippen LogP contribution in [-0.4, -0.2) is 29.8 Å². The number of benzene rings is 1. The monoisotopic (exact) mass is 255 g/mol.